The molecule has 0 saturated heterocycles. The van der Waals surface area contributed by atoms with Crippen molar-refractivity contribution in [3.63, 3.8) is 0 Å². The Bertz CT molecular complexity index is 1240. The number of carbonyl (C=O) groups excluding carboxylic acids is 2. The van der Waals surface area contributed by atoms with Crippen molar-refractivity contribution < 1.29 is 18.7 Å². The SMILES string of the molecule is Cc1cc2c(C)c(Cc3cccc(SNCC(N)=O)c3)c(=O)oc2cc1OC(=O)N(C)C. The molecule has 0 aliphatic rings. The third kappa shape index (κ3) is 5.49. The number of aryl methyl sites for hydroxylation is 2. The van der Waals surface area contributed by atoms with Crippen molar-refractivity contribution in [2.24, 2.45) is 5.73 Å². The quantitative estimate of drug-likeness (QED) is 0.415. The number of rotatable bonds is 7. The normalized spacial score (nSPS) is 10.9. The molecule has 1 aromatic heterocycles. The van der Waals surface area contributed by atoms with Gasteiger partial charge in [0.1, 0.15) is 11.3 Å². The number of primary amides is 1. The first-order valence-electron chi connectivity index (χ1n) is 9.88. The van der Waals surface area contributed by atoms with Crippen LogP contribution in [0.1, 0.15) is 22.3 Å². The fraction of sp³-hybridized carbons (Fsp3) is 0.261. The summed E-state index contributed by atoms with van der Waals surface area (Å²) in [6.07, 6.45) is -0.115. The first-order valence-corrected chi connectivity index (χ1v) is 10.7. The number of hydrogen-bond acceptors (Lipinski definition) is 7. The van der Waals surface area contributed by atoms with E-state index in [4.69, 9.17) is 14.9 Å². The molecule has 0 radical (unpaired) electrons. The van der Waals surface area contributed by atoms with Gasteiger partial charge in [0.2, 0.25) is 5.91 Å². The largest absolute Gasteiger partial charge is 0.422 e. The van der Waals surface area contributed by atoms with E-state index in [-0.39, 0.29) is 6.54 Å². The fourth-order valence-corrected chi connectivity index (χ4v) is 3.88. The third-order valence-electron chi connectivity index (χ3n) is 4.86. The van der Waals surface area contributed by atoms with Crippen LogP contribution < -0.4 is 20.8 Å². The zero-order valence-corrected chi connectivity index (χ0v) is 19.2. The Morgan fingerprint density at radius 3 is 2.62 bits per heavy atom. The molecule has 0 aliphatic heterocycles. The van der Waals surface area contributed by atoms with Gasteiger partial charge in [0, 0.05) is 42.4 Å². The predicted molar refractivity (Wildman–Crippen MR) is 124 cm³/mol. The number of fused-ring (bicyclic) bond motifs is 1. The summed E-state index contributed by atoms with van der Waals surface area (Å²) in [5, 5.41) is 0.787. The summed E-state index contributed by atoms with van der Waals surface area (Å²) >= 11 is 1.30. The summed E-state index contributed by atoms with van der Waals surface area (Å²) in [6, 6.07) is 11.1. The zero-order valence-electron chi connectivity index (χ0n) is 18.4. The molecule has 0 atom stereocenters. The van der Waals surface area contributed by atoms with Gasteiger partial charge in [-0.3, -0.25) is 9.52 Å². The molecule has 1 heterocycles. The van der Waals surface area contributed by atoms with Crippen LogP contribution in [0.15, 0.2) is 50.5 Å². The van der Waals surface area contributed by atoms with Crippen LogP contribution in [0, 0.1) is 13.8 Å². The topological polar surface area (TPSA) is 115 Å². The van der Waals surface area contributed by atoms with Crippen molar-refractivity contribution >= 4 is 34.9 Å². The molecule has 2 aromatic carbocycles. The van der Waals surface area contributed by atoms with Gasteiger partial charge in [0.15, 0.2) is 0 Å². The summed E-state index contributed by atoms with van der Waals surface area (Å²) in [6.45, 7) is 3.78. The Kier molecular flexibility index (Phi) is 7.22. The Hall–Kier alpha value is -3.30. The van der Waals surface area contributed by atoms with Crippen LogP contribution in [0.25, 0.3) is 11.0 Å². The lowest BCUT2D eigenvalue weighted by Crippen LogP contribution is -2.25. The lowest BCUT2D eigenvalue weighted by atomic mass is 9.98. The van der Waals surface area contributed by atoms with E-state index in [1.165, 1.54) is 16.8 Å². The van der Waals surface area contributed by atoms with Crippen molar-refractivity contribution in [2.45, 2.75) is 25.2 Å². The maximum atomic E-state index is 12.8. The van der Waals surface area contributed by atoms with Gasteiger partial charge in [-0.05, 0) is 60.7 Å². The molecule has 2 amide bonds. The van der Waals surface area contributed by atoms with Crippen molar-refractivity contribution in [2.75, 3.05) is 20.6 Å². The molecule has 3 aromatic rings. The average molecular weight is 456 g/mol. The summed E-state index contributed by atoms with van der Waals surface area (Å²) in [4.78, 5) is 37.8. The van der Waals surface area contributed by atoms with Gasteiger partial charge in [-0.1, -0.05) is 12.1 Å². The number of carbonyl (C=O) groups is 2. The van der Waals surface area contributed by atoms with Crippen molar-refractivity contribution in [3.05, 3.63) is 69.1 Å². The van der Waals surface area contributed by atoms with E-state index in [1.54, 1.807) is 20.2 Å². The average Bonchev–Trinajstić information content (AvgIpc) is 2.72. The highest BCUT2D eigenvalue weighted by atomic mass is 32.2. The minimum Gasteiger partial charge on any atom is -0.422 e. The van der Waals surface area contributed by atoms with Gasteiger partial charge in [-0.15, -0.1) is 0 Å². The molecule has 0 fully saturated rings. The molecule has 3 rings (SSSR count). The van der Waals surface area contributed by atoms with Gasteiger partial charge >= 0.3 is 11.7 Å². The van der Waals surface area contributed by atoms with Crippen LogP contribution in [-0.4, -0.2) is 37.5 Å². The molecule has 0 aliphatic carbocycles. The van der Waals surface area contributed by atoms with Crippen LogP contribution in [0.5, 0.6) is 5.75 Å². The maximum absolute atomic E-state index is 12.8. The van der Waals surface area contributed by atoms with Crippen molar-refractivity contribution in [1.29, 1.82) is 0 Å². The Balaban J connectivity index is 1.91. The highest BCUT2D eigenvalue weighted by Crippen LogP contribution is 2.29. The van der Waals surface area contributed by atoms with E-state index in [0.29, 0.717) is 23.3 Å². The van der Waals surface area contributed by atoms with Gasteiger partial charge in [-0.25, -0.2) is 9.59 Å². The van der Waals surface area contributed by atoms with E-state index < -0.39 is 17.6 Å². The van der Waals surface area contributed by atoms with Crippen LogP contribution in [0.3, 0.4) is 0 Å². The molecule has 168 valence electrons. The van der Waals surface area contributed by atoms with Gasteiger partial charge < -0.3 is 19.8 Å². The summed E-state index contributed by atoms with van der Waals surface area (Å²) in [5.41, 5.74) is 8.13. The Morgan fingerprint density at radius 2 is 1.94 bits per heavy atom. The minimum absolute atomic E-state index is 0.0630. The van der Waals surface area contributed by atoms with Gasteiger partial charge in [0.05, 0.1) is 6.54 Å². The monoisotopic (exact) mass is 455 g/mol. The lowest BCUT2D eigenvalue weighted by Gasteiger charge is -2.14. The predicted octanol–water partition coefficient (Wildman–Crippen LogP) is 3.14. The highest BCUT2D eigenvalue weighted by molar-refractivity contribution is 7.97. The molecule has 32 heavy (non-hydrogen) atoms. The molecule has 0 bridgehead atoms. The lowest BCUT2D eigenvalue weighted by molar-refractivity contribution is -0.116. The van der Waals surface area contributed by atoms with Crippen LogP contribution in [-0.2, 0) is 11.2 Å². The first kappa shape index (κ1) is 23.4. The van der Waals surface area contributed by atoms with Crippen molar-refractivity contribution in [1.82, 2.24) is 9.62 Å². The minimum atomic E-state index is -0.508. The van der Waals surface area contributed by atoms with Gasteiger partial charge in [0.25, 0.3) is 0 Å². The van der Waals surface area contributed by atoms with E-state index in [9.17, 15) is 14.4 Å². The Morgan fingerprint density at radius 1 is 1.19 bits per heavy atom. The van der Waals surface area contributed by atoms with Crippen LogP contribution >= 0.6 is 11.9 Å². The molecule has 0 spiro atoms. The molecule has 8 nitrogen and oxygen atoms in total. The van der Waals surface area contributed by atoms with E-state index in [2.05, 4.69) is 4.72 Å². The molecular formula is C23H25N3O5S. The molecule has 3 N–H and O–H groups in total. The molecule has 9 heteroatoms. The van der Waals surface area contributed by atoms with Crippen LogP contribution in [0.4, 0.5) is 4.79 Å². The first-order chi connectivity index (χ1) is 15.2. The number of benzene rings is 2. The van der Waals surface area contributed by atoms with E-state index in [0.717, 1.165) is 27.0 Å². The standard InChI is InChI=1S/C23H25N3O5S/c1-13-8-17-14(2)18(10-15-6-5-7-16(9-15)32-25-12-21(24)27)22(28)30-20(17)11-19(13)31-23(29)26(3)4/h5-9,11,25H,10,12H2,1-4H3,(H2,24,27). The molecule has 0 unspecified atom stereocenters. The second kappa shape index (κ2) is 9.88. The fourth-order valence-electron chi connectivity index (χ4n) is 3.14. The number of hydrogen-bond donors (Lipinski definition) is 2. The molecule has 0 saturated carbocycles. The van der Waals surface area contributed by atoms with E-state index in [1.807, 2.05) is 44.2 Å². The zero-order chi connectivity index (χ0) is 23.4. The number of nitrogens with one attached hydrogen (secondary N) is 1. The van der Waals surface area contributed by atoms with Gasteiger partial charge in [-0.2, -0.15) is 0 Å². The number of amides is 2. The Labute approximate surface area is 189 Å². The number of ether oxygens (including phenoxy) is 1. The smallest absolute Gasteiger partial charge is 0.414 e. The second-order valence-electron chi connectivity index (χ2n) is 7.58. The third-order valence-corrected chi connectivity index (χ3v) is 5.64. The maximum Gasteiger partial charge on any atom is 0.414 e. The summed E-state index contributed by atoms with van der Waals surface area (Å²) in [5.74, 6) is -0.0901. The summed E-state index contributed by atoms with van der Waals surface area (Å²) in [7, 11) is 3.19. The highest BCUT2D eigenvalue weighted by Gasteiger charge is 2.16. The number of nitrogens with zero attached hydrogens (tertiary/aromatic N) is 1. The summed E-state index contributed by atoms with van der Waals surface area (Å²) < 4.78 is 13.8. The van der Waals surface area contributed by atoms with Crippen LogP contribution in [0.2, 0.25) is 0 Å². The number of nitrogens with two attached hydrogens (primary N) is 1. The second-order valence-corrected chi connectivity index (χ2v) is 8.55. The van der Waals surface area contributed by atoms with E-state index >= 15 is 0 Å². The van der Waals surface area contributed by atoms with Crippen molar-refractivity contribution in [3.8, 4) is 5.75 Å². The molecular weight excluding hydrogens is 430 g/mol.